The summed E-state index contributed by atoms with van der Waals surface area (Å²) in [5.74, 6) is 0.451. The predicted molar refractivity (Wildman–Crippen MR) is 66.0 cm³/mol. The average Bonchev–Trinajstić information content (AvgIpc) is 2.45. The van der Waals surface area contributed by atoms with Crippen molar-refractivity contribution in [3.63, 3.8) is 0 Å². The fraction of sp³-hybridized carbons (Fsp3) is 0.333. The molecule has 80 valence electrons. The zero-order valence-electron chi connectivity index (χ0n) is 7.78. The lowest BCUT2D eigenvalue weighted by atomic mass is 10.3. The molecule has 2 N–H and O–H groups in total. The van der Waals surface area contributed by atoms with E-state index in [2.05, 4.69) is 36.8 Å². The molecule has 2 heterocycles. The Bertz CT molecular complexity index is 410. The van der Waals surface area contributed by atoms with Gasteiger partial charge in [0.05, 0.1) is 5.69 Å². The lowest BCUT2D eigenvalue weighted by molar-refractivity contribution is -0.117. The van der Waals surface area contributed by atoms with Crippen LogP contribution in [0.1, 0.15) is 6.42 Å². The monoisotopic (exact) mass is 333 g/mol. The molecule has 0 saturated carbocycles. The molecule has 4 nitrogen and oxygen atoms in total. The Labute approximate surface area is 104 Å². The molecule has 15 heavy (non-hydrogen) atoms. The minimum absolute atomic E-state index is 0.0766. The normalized spacial score (nSPS) is 21.1. The van der Waals surface area contributed by atoms with Crippen LogP contribution in [0.15, 0.2) is 16.7 Å². The largest absolute Gasteiger partial charge is 0.382 e. The van der Waals surface area contributed by atoms with Crippen LogP contribution in [0, 0.1) is 0 Å². The number of anilines is 2. The standard InChI is InChI=1S/C9H9Br2N3O/c10-5-3-8(15)14(4-5)6-1-2-7(11)13-9(6)12/h1-2,5H,3-4H2,(H2,12,13). The average molecular weight is 335 g/mol. The number of pyridine rings is 1. The molecule has 1 aromatic heterocycles. The number of amides is 1. The van der Waals surface area contributed by atoms with Crippen molar-refractivity contribution < 1.29 is 4.79 Å². The first-order chi connectivity index (χ1) is 7.08. The molecule has 1 aromatic rings. The lowest BCUT2D eigenvalue weighted by Crippen LogP contribution is -2.25. The molecule has 0 spiro atoms. The number of carbonyl (C=O) groups excluding carboxylic acids is 1. The van der Waals surface area contributed by atoms with E-state index in [1.807, 2.05) is 0 Å². The molecule has 1 amide bonds. The van der Waals surface area contributed by atoms with Gasteiger partial charge < -0.3 is 10.6 Å². The van der Waals surface area contributed by atoms with Gasteiger partial charge in [-0.25, -0.2) is 4.98 Å². The molecule has 2 rings (SSSR count). The fourth-order valence-electron chi connectivity index (χ4n) is 1.57. The SMILES string of the molecule is Nc1nc(Br)ccc1N1CC(Br)CC1=O. The molecule has 0 aliphatic carbocycles. The van der Waals surface area contributed by atoms with Crippen molar-refractivity contribution in [3.05, 3.63) is 16.7 Å². The second-order valence-corrected chi connectivity index (χ2v) is 5.45. The van der Waals surface area contributed by atoms with Crippen LogP contribution in [-0.2, 0) is 4.79 Å². The minimum atomic E-state index is 0.0766. The van der Waals surface area contributed by atoms with Gasteiger partial charge in [0.15, 0.2) is 0 Å². The zero-order chi connectivity index (χ0) is 11.0. The number of aromatic nitrogens is 1. The van der Waals surface area contributed by atoms with E-state index < -0.39 is 0 Å². The van der Waals surface area contributed by atoms with Crippen LogP contribution >= 0.6 is 31.9 Å². The molecule has 1 fully saturated rings. The van der Waals surface area contributed by atoms with E-state index in [9.17, 15) is 4.79 Å². The van der Waals surface area contributed by atoms with Gasteiger partial charge in [0.1, 0.15) is 10.4 Å². The highest BCUT2D eigenvalue weighted by molar-refractivity contribution is 9.10. The van der Waals surface area contributed by atoms with Gasteiger partial charge in [0, 0.05) is 17.8 Å². The number of hydrogen-bond acceptors (Lipinski definition) is 3. The first-order valence-electron chi connectivity index (χ1n) is 4.44. The molecule has 1 aliphatic rings. The molecular formula is C9H9Br2N3O. The summed E-state index contributed by atoms with van der Waals surface area (Å²) in [7, 11) is 0. The van der Waals surface area contributed by atoms with Gasteiger partial charge in [-0.1, -0.05) is 15.9 Å². The van der Waals surface area contributed by atoms with Gasteiger partial charge in [-0.2, -0.15) is 0 Å². The first-order valence-corrected chi connectivity index (χ1v) is 6.15. The molecule has 1 saturated heterocycles. The van der Waals surface area contributed by atoms with Crippen molar-refractivity contribution in [2.24, 2.45) is 0 Å². The smallest absolute Gasteiger partial charge is 0.228 e. The van der Waals surface area contributed by atoms with Gasteiger partial charge in [-0.05, 0) is 28.1 Å². The van der Waals surface area contributed by atoms with Crippen molar-refractivity contribution in [3.8, 4) is 0 Å². The Morgan fingerprint density at radius 2 is 2.27 bits per heavy atom. The second-order valence-electron chi connectivity index (χ2n) is 3.34. The molecule has 1 atom stereocenters. The topological polar surface area (TPSA) is 59.2 Å². The Morgan fingerprint density at radius 1 is 1.53 bits per heavy atom. The molecule has 0 bridgehead atoms. The van der Waals surface area contributed by atoms with Crippen LogP contribution in [0.4, 0.5) is 11.5 Å². The molecule has 1 aliphatic heterocycles. The van der Waals surface area contributed by atoms with E-state index in [0.29, 0.717) is 29.1 Å². The quantitative estimate of drug-likeness (QED) is 0.630. The summed E-state index contributed by atoms with van der Waals surface area (Å²) >= 11 is 6.65. The molecule has 0 aromatic carbocycles. The summed E-state index contributed by atoms with van der Waals surface area (Å²) in [6.45, 7) is 0.645. The van der Waals surface area contributed by atoms with Crippen molar-refractivity contribution in [1.82, 2.24) is 4.98 Å². The maximum absolute atomic E-state index is 11.6. The summed E-state index contributed by atoms with van der Waals surface area (Å²) in [4.78, 5) is 17.5. The maximum Gasteiger partial charge on any atom is 0.228 e. The third kappa shape index (κ3) is 2.15. The van der Waals surface area contributed by atoms with Crippen LogP contribution in [0.25, 0.3) is 0 Å². The minimum Gasteiger partial charge on any atom is -0.382 e. The molecule has 0 radical (unpaired) electrons. The Morgan fingerprint density at radius 3 is 2.80 bits per heavy atom. The van der Waals surface area contributed by atoms with Gasteiger partial charge >= 0.3 is 0 Å². The Balaban J connectivity index is 2.34. The zero-order valence-corrected chi connectivity index (χ0v) is 11.0. The number of nitrogen functional groups attached to an aromatic ring is 1. The van der Waals surface area contributed by atoms with Gasteiger partial charge in [-0.15, -0.1) is 0 Å². The van der Waals surface area contributed by atoms with E-state index in [1.54, 1.807) is 17.0 Å². The van der Waals surface area contributed by atoms with Crippen LogP contribution in [0.2, 0.25) is 0 Å². The van der Waals surface area contributed by atoms with Crippen LogP contribution < -0.4 is 10.6 Å². The number of nitrogens with zero attached hydrogens (tertiary/aromatic N) is 2. The second kappa shape index (κ2) is 4.09. The van der Waals surface area contributed by atoms with E-state index in [1.165, 1.54) is 0 Å². The van der Waals surface area contributed by atoms with E-state index in [4.69, 9.17) is 5.73 Å². The number of alkyl halides is 1. The summed E-state index contributed by atoms with van der Waals surface area (Å²) in [5, 5.41) is 0. The number of nitrogens with two attached hydrogens (primary N) is 1. The lowest BCUT2D eigenvalue weighted by Gasteiger charge is -2.17. The summed E-state index contributed by atoms with van der Waals surface area (Å²) in [6.07, 6.45) is 0.509. The highest BCUT2D eigenvalue weighted by Crippen LogP contribution is 2.29. The summed E-state index contributed by atoms with van der Waals surface area (Å²) in [6, 6.07) is 3.58. The first kappa shape index (κ1) is 10.9. The van der Waals surface area contributed by atoms with Crippen LogP contribution in [0.3, 0.4) is 0 Å². The van der Waals surface area contributed by atoms with Crippen LogP contribution in [-0.4, -0.2) is 22.3 Å². The number of hydrogen-bond donors (Lipinski definition) is 1. The van der Waals surface area contributed by atoms with Crippen molar-refractivity contribution in [2.45, 2.75) is 11.2 Å². The summed E-state index contributed by atoms with van der Waals surface area (Å²) in [5.41, 5.74) is 6.44. The van der Waals surface area contributed by atoms with Crippen molar-refractivity contribution in [2.75, 3.05) is 17.2 Å². The van der Waals surface area contributed by atoms with E-state index in [-0.39, 0.29) is 10.7 Å². The number of carbonyl (C=O) groups is 1. The van der Waals surface area contributed by atoms with Crippen molar-refractivity contribution >= 4 is 49.3 Å². The molecule has 1 unspecified atom stereocenters. The highest BCUT2D eigenvalue weighted by atomic mass is 79.9. The highest BCUT2D eigenvalue weighted by Gasteiger charge is 2.30. The van der Waals surface area contributed by atoms with Crippen LogP contribution in [0.5, 0.6) is 0 Å². The molecule has 6 heteroatoms. The van der Waals surface area contributed by atoms with E-state index >= 15 is 0 Å². The fourth-order valence-corrected chi connectivity index (χ4v) is 2.46. The Hall–Kier alpha value is -0.620. The van der Waals surface area contributed by atoms with Crippen molar-refractivity contribution in [1.29, 1.82) is 0 Å². The third-order valence-electron chi connectivity index (χ3n) is 2.24. The number of rotatable bonds is 1. The van der Waals surface area contributed by atoms with Gasteiger partial charge in [0.2, 0.25) is 5.91 Å². The van der Waals surface area contributed by atoms with Gasteiger partial charge in [-0.3, -0.25) is 4.79 Å². The maximum atomic E-state index is 11.6. The Kier molecular flexibility index (Phi) is 2.97. The summed E-state index contributed by atoms with van der Waals surface area (Å²) < 4.78 is 0.672. The number of halogens is 2. The van der Waals surface area contributed by atoms with Gasteiger partial charge in [0.25, 0.3) is 0 Å². The third-order valence-corrected chi connectivity index (χ3v) is 3.29. The van der Waals surface area contributed by atoms with E-state index in [0.717, 1.165) is 0 Å². The predicted octanol–water partition coefficient (Wildman–Crippen LogP) is 1.93. The molecular weight excluding hydrogens is 326 g/mol.